The highest BCUT2D eigenvalue weighted by molar-refractivity contribution is 6.31. The zero-order chi connectivity index (χ0) is 27.8. The first kappa shape index (κ1) is 33.5. The average molecular weight is 531 g/mol. The number of hydrogen-bond acceptors (Lipinski definition) is 2. The van der Waals surface area contributed by atoms with Gasteiger partial charge in [-0.1, -0.05) is 69.8 Å². The Hall–Kier alpha value is -2.49. The highest BCUT2D eigenvalue weighted by Crippen LogP contribution is 2.26. The normalized spacial score (nSPS) is 10.5. The van der Waals surface area contributed by atoms with E-state index in [2.05, 4.69) is 57.3 Å². The van der Waals surface area contributed by atoms with Gasteiger partial charge in [0.05, 0.1) is 0 Å². The van der Waals surface area contributed by atoms with E-state index in [1.165, 1.54) is 12.0 Å². The molecule has 0 N–H and O–H groups in total. The summed E-state index contributed by atoms with van der Waals surface area (Å²) in [6.45, 7) is 29.4. The number of anilines is 1. The fraction of sp³-hybridized carbons (Fsp3) is 0.387. The molecule has 0 heterocycles. The number of nitrogens with zero attached hydrogens (tertiary/aromatic N) is 3. The number of aryl methyl sites for hydroxylation is 1. The van der Waals surface area contributed by atoms with Gasteiger partial charge in [0.1, 0.15) is 5.84 Å². The number of amidine groups is 1. The van der Waals surface area contributed by atoms with E-state index in [0.717, 1.165) is 40.0 Å². The Morgan fingerprint density at radius 1 is 1.00 bits per heavy atom. The van der Waals surface area contributed by atoms with E-state index in [1.807, 2.05) is 81.3 Å². The van der Waals surface area contributed by atoms with Crippen molar-refractivity contribution in [2.45, 2.75) is 74.3 Å². The molecule has 0 spiro atoms. The lowest BCUT2D eigenvalue weighted by Gasteiger charge is -2.27. The molecular weight excluding hydrogens is 485 g/mol. The second-order valence-electron chi connectivity index (χ2n) is 8.53. The third-order valence-corrected chi connectivity index (χ3v) is 5.64. The predicted octanol–water partition coefficient (Wildman–Crippen LogP) is 10.1. The number of rotatable bonds is 9. The van der Waals surface area contributed by atoms with Gasteiger partial charge in [-0.2, -0.15) is 0 Å². The molecule has 0 aliphatic carbocycles. The number of hydrogen-bond donors (Lipinski definition) is 0. The Morgan fingerprint density at radius 2 is 1.56 bits per heavy atom. The highest BCUT2D eigenvalue weighted by atomic mass is 35.5. The lowest BCUT2D eigenvalue weighted by Crippen LogP contribution is -2.28. The first-order valence-electron chi connectivity index (χ1n) is 12.6. The minimum atomic E-state index is 0.599. The van der Waals surface area contributed by atoms with Crippen molar-refractivity contribution in [1.29, 1.82) is 0 Å². The van der Waals surface area contributed by atoms with Crippen LogP contribution in [0.1, 0.15) is 66.0 Å². The predicted molar refractivity (Wildman–Crippen MR) is 165 cm³/mol. The standard InChI is InChI=1S/C21H22Cl2N2.C8H17N.C2H6/c1-14(2)24-17(5)25(21-10-8-19(22)9-11-21)16(4)13-18-6-7-20(23)12-15(18)3;1-5-7-9(6-2)8(3)4;1-2/h6-12H,1,4,13H2,2-3,5H3;6,8H,2,5,7H2,1,3-4H3;1-2H3. The van der Waals surface area contributed by atoms with Crippen molar-refractivity contribution < 1.29 is 0 Å². The molecule has 5 heteroatoms. The minimum Gasteiger partial charge on any atom is -0.376 e. The van der Waals surface area contributed by atoms with Gasteiger partial charge in [0, 0.05) is 46.1 Å². The van der Waals surface area contributed by atoms with Crippen LogP contribution in [0.2, 0.25) is 10.0 Å². The summed E-state index contributed by atoms with van der Waals surface area (Å²) >= 11 is 12.1. The van der Waals surface area contributed by atoms with Gasteiger partial charge in [-0.05, 0) is 94.8 Å². The first-order valence-corrected chi connectivity index (χ1v) is 13.3. The average Bonchev–Trinajstić information content (AvgIpc) is 2.82. The number of allylic oxidation sites excluding steroid dienone is 2. The van der Waals surface area contributed by atoms with E-state index in [1.54, 1.807) is 0 Å². The minimum absolute atomic E-state index is 0.599. The summed E-state index contributed by atoms with van der Waals surface area (Å²) in [6, 6.07) is 14.1. The zero-order valence-corrected chi connectivity index (χ0v) is 25.0. The molecular formula is C31H45Cl2N3. The summed E-state index contributed by atoms with van der Waals surface area (Å²) in [5.74, 6) is 0.812. The van der Waals surface area contributed by atoms with Crippen LogP contribution in [0.3, 0.4) is 0 Å². The molecule has 0 saturated carbocycles. The van der Waals surface area contributed by atoms with Crippen LogP contribution in [-0.4, -0.2) is 23.3 Å². The quantitative estimate of drug-likeness (QED) is 0.237. The van der Waals surface area contributed by atoms with E-state index in [0.29, 0.717) is 17.5 Å². The highest BCUT2D eigenvalue weighted by Gasteiger charge is 2.15. The lowest BCUT2D eigenvalue weighted by atomic mass is 10.0. The van der Waals surface area contributed by atoms with E-state index >= 15 is 0 Å². The van der Waals surface area contributed by atoms with Crippen LogP contribution >= 0.6 is 23.2 Å². The van der Waals surface area contributed by atoms with Gasteiger partial charge in [-0.15, -0.1) is 0 Å². The molecule has 0 amide bonds. The molecule has 2 aromatic carbocycles. The summed E-state index contributed by atoms with van der Waals surface area (Å²) in [4.78, 5) is 8.77. The lowest BCUT2D eigenvalue weighted by molar-refractivity contribution is 0.312. The molecule has 0 aliphatic heterocycles. The van der Waals surface area contributed by atoms with Gasteiger partial charge in [-0.3, -0.25) is 0 Å². The monoisotopic (exact) mass is 529 g/mol. The van der Waals surface area contributed by atoms with Crippen molar-refractivity contribution in [3.05, 3.63) is 101 Å². The van der Waals surface area contributed by atoms with E-state index in [4.69, 9.17) is 23.2 Å². The molecule has 2 rings (SSSR count). The van der Waals surface area contributed by atoms with Crippen LogP contribution in [0.25, 0.3) is 0 Å². The Balaban J connectivity index is 0.000000941. The molecule has 0 fully saturated rings. The Kier molecular flexibility index (Phi) is 16.6. The zero-order valence-electron chi connectivity index (χ0n) is 23.5. The third-order valence-electron chi connectivity index (χ3n) is 5.16. The molecule has 0 bridgehead atoms. The maximum atomic E-state index is 6.06. The summed E-state index contributed by atoms with van der Waals surface area (Å²) in [5.41, 5.74) is 4.93. The van der Waals surface area contributed by atoms with E-state index < -0.39 is 0 Å². The summed E-state index contributed by atoms with van der Waals surface area (Å²) < 4.78 is 0. The molecule has 3 nitrogen and oxygen atoms in total. The van der Waals surface area contributed by atoms with Crippen LogP contribution in [0, 0.1) is 6.92 Å². The van der Waals surface area contributed by atoms with Crippen LogP contribution in [0.4, 0.5) is 5.69 Å². The van der Waals surface area contributed by atoms with Crippen molar-refractivity contribution in [2.24, 2.45) is 4.99 Å². The first-order chi connectivity index (χ1) is 17.0. The van der Waals surface area contributed by atoms with Gasteiger partial charge in [-0.25, -0.2) is 4.99 Å². The molecule has 0 aliphatic rings. The van der Waals surface area contributed by atoms with Gasteiger partial charge in [0.25, 0.3) is 0 Å². The van der Waals surface area contributed by atoms with Gasteiger partial charge in [0.2, 0.25) is 0 Å². The Labute approximate surface area is 230 Å². The van der Waals surface area contributed by atoms with Gasteiger partial charge < -0.3 is 9.80 Å². The molecule has 36 heavy (non-hydrogen) atoms. The summed E-state index contributed by atoms with van der Waals surface area (Å²) in [5, 5.41) is 1.43. The number of benzene rings is 2. The third kappa shape index (κ3) is 12.0. The van der Waals surface area contributed by atoms with Crippen LogP contribution in [-0.2, 0) is 6.42 Å². The molecule has 0 saturated heterocycles. The van der Waals surface area contributed by atoms with Gasteiger partial charge in [0.15, 0.2) is 0 Å². The van der Waals surface area contributed by atoms with Crippen molar-refractivity contribution >= 4 is 34.7 Å². The summed E-state index contributed by atoms with van der Waals surface area (Å²) in [6.07, 6.45) is 3.80. The van der Waals surface area contributed by atoms with Crippen LogP contribution in [0.15, 0.2) is 84.8 Å². The van der Waals surface area contributed by atoms with E-state index in [9.17, 15) is 0 Å². The molecule has 198 valence electrons. The molecule has 0 radical (unpaired) electrons. The van der Waals surface area contributed by atoms with Crippen molar-refractivity contribution in [3.8, 4) is 0 Å². The Morgan fingerprint density at radius 3 is 1.97 bits per heavy atom. The van der Waals surface area contributed by atoms with Crippen molar-refractivity contribution in [3.63, 3.8) is 0 Å². The maximum Gasteiger partial charge on any atom is 0.110 e. The van der Waals surface area contributed by atoms with Crippen LogP contribution < -0.4 is 4.90 Å². The fourth-order valence-electron chi connectivity index (χ4n) is 3.49. The summed E-state index contributed by atoms with van der Waals surface area (Å²) in [7, 11) is 0. The fourth-order valence-corrected chi connectivity index (χ4v) is 3.84. The number of aliphatic imine (C=N–C) groups is 1. The largest absolute Gasteiger partial charge is 0.376 e. The van der Waals surface area contributed by atoms with Crippen molar-refractivity contribution in [2.75, 3.05) is 11.4 Å². The van der Waals surface area contributed by atoms with Crippen LogP contribution in [0.5, 0.6) is 0 Å². The molecule has 2 aromatic rings. The number of halogens is 2. The molecule has 0 aromatic heterocycles. The second kappa shape index (κ2) is 17.9. The molecule has 0 unspecified atom stereocenters. The Bertz CT molecular complexity index is 991. The smallest absolute Gasteiger partial charge is 0.110 e. The molecule has 0 atom stereocenters. The van der Waals surface area contributed by atoms with Gasteiger partial charge >= 0.3 is 0 Å². The maximum absolute atomic E-state index is 6.06. The second-order valence-corrected chi connectivity index (χ2v) is 9.41. The van der Waals surface area contributed by atoms with E-state index in [-0.39, 0.29) is 0 Å². The van der Waals surface area contributed by atoms with Crippen molar-refractivity contribution in [1.82, 2.24) is 4.90 Å². The topological polar surface area (TPSA) is 18.8 Å². The SMILES string of the molecule is C=C(C)N=C(C)N(C(=C)Cc1ccc(Cl)cc1C)c1ccc(Cl)cc1.C=CN(CCC)C(C)C.CC.